The smallest absolute Gasteiger partial charge is 0.387 e. The van der Waals surface area contributed by atoms with E-state index in [1.807, 2.05) is 127 Å². The third-order valence-corrected chi connectivity index (χ3v) is 22.1. The fraction of sp³-hybridized carbons (Fsp3) is 0.168. The number of benzene rings is 9. The van der Waals surface area contributed by atoms with Crippen molar-refractivity contribution in [1.29, 1.82) is 0 Å². The molecule has 0 radical (unpaired) electrons. The number of halogens is 5. The van der Waals surface area contributed by atoms with E-state index in [0.717, 1.165) is 119 Å². The highest BCUT2D eigenvalue weighted by molar-refractivity contribution is 6.18. The van der Waals surface area contributed by atoms with Gasteiger partial charge in [0.1, 0.15) is 57.3 Å². The standard InChI is InChI=1S/C22H20F2N6O.C22H22N6O.C19H16ClN5O.C18H13F2N5O2.C14H15N5O/c23-14-4-3-5-15(24)19(14)22(31)28-18-11-25-29-20(18)21-26-16-7-6-13(10-17(16)27-21)12-30-8-1-2-9-30;29-22(16-7-5-6-15(12-16)14-28-10-3-4-11-28)26-19-13-23-27-20(19)21-24-17-8-1-2-9-18(17)25-21;20-10-9-12-5-7-13(8-6-12)19(26)24-16-11-21-25-17(16)18-22-14-3-1-2-4-15(14)23-18;19-18(20)27-11-7-5-10(6-8-11)17(26)24-14-9-21-25-15(14)16-22-12-3-1-2-4-13(12)23-16;1-9(20)17-12-8-16-19-13(12)14-15-7-11(18-14)10-5-3-2-4-6-10/h3-7,10-11H,1-2,8-9,12H2,(H,25,29)(H,26,27)(H,28,31);1-2,5-9,12-13H,3-4,10-11,14H2,(H,23,27)(H,24,25)(H,26,29);1-8,11H,9-10H2,(H,21,25)(H,22,23)(H,24,26);1-9,18H,(H,21,25)(H,22,23)(H,24,26);2-6,8,11H,7H2,1H3,(H,15,18)(H,16,19)(H,17,20). The van der Waals surface area contributed by atoms with Gasteiger partial charge in [0, 0.05) is 42.6 Å². The summed E-state index contributed by atoms with van der Waals surface area (Å²) in [5.41, 5.74) is 17.8. The summed E-state index contributed by atoms with van der Waals surface area (Å²) in [6.45, 7) is 5.49. The van der Waals surface area contributed by atoms with Crippen molar-refractivity contribution in [2.75, 3.05) is 65.2 Å². The lowest BCUT2D eigenvalue weighted by molar-refractivity contribution is -0.114. The van der Waals surface area contributed by atoms with Crippen molar-refractivity contribution < 1.29 is 46.3 Å². The van der Waals surface area contributed by atoms with Gasteiger partial charge in [-0.3, -0.25) is 64.3 Å². The number of hydrogen-bond donors (Lipinski definition) is 15. The summed E-state index contributed by atoms with van der Waals surface area (Å²) in [5.74, 6) is -0.167. The zero-order valence-corrected chi connectivity index (χ0v) is 71.9. The Hall–Kier alpha value is -16.5. The largest absolute Gasteiger partial charge is 0.435 e. The SMILES string of the molecule is CC(=O)Nc1cn[nH]c1C1=NCC(c2ccccc2)N1.O=C(Nc1cn[nH]c1-c1nc2ccc(CN3CCCC3)cc2[nH]1)c1c(F)cccc1F.O=C(Nc1cn[nH]c1-c1nc2ccccc2[nH]1)c1ccc(CCCl)cc1.O=C(Nc1cn[nH]c1-c1nc2ccccc2[nH]1)c1ccc(OC(F)F)cc1.O=C(Nc1cn[nH]c1-c1nc2ccccc2[nH]1)c1cccc(CN2CCCC2)c1. The molecule has 3 aliphatic heterocycles. The topological polar surface area (TPSA) is 444 Å². The predicted molar refractivity (Wildman–Crippen MR) is 499 cm³/mol. The van der Waals surface area contributed by atoms with Gasteiger partial charge in [-0.2, -0.15) is 34.3 Å². The van der Waals surface area contributed by atoms with Crippen LogP contribution in [0.25, 0.3) is 90.2 Å². The molecular formula is C95H86ClF4N27O6. The molecule has 18 aromatic rings. The maximum Gasteiger partial charge on any atom is 0.387 e. The highest BCUT2D eigenvalue weighted by Crippen LogP contribution is 2.33. The monoisotopic (exact) mass is 1810 g/mol. The number of aryl methyl sites for hydroxylation is 1. The number of imidazole rings is 4. The number of likely N-dealkylation sites (tertiary alicyclic amines) is 2. The Morgan fingerprint density at radius 1 is 0.421 bits per heavy atom. The van der Waals surface area contributed by atoms with Crippen molar-refractivity contribution in [1.82, 2.24) is 106 Å². The molecule has 33 nitrogen and oxygen atoms in total. The first-order valence-electron chi connectivity index (χ1n) is 42.5. The summed E-state index contributed by atoms with van der Waals surface area (Å²) >= 11 is 5.74. The molecule has 15 N–H and O–H groups in total. The Balaban J connectivity index is 0.000000117. The molecule has 3 aliphatic rings. The van der Waals surface area contributed by atoms with Crippen LogP contribution in [0.4, 0.5) is 46.0 Å². The number of aliphatic imine (C=N–C) groups is 1. The highest BCUT2D eigenvalue weighted by Gasteiger charge is 2.27. The number of carbonyl (C=O) groups excluding carboxylic acids is 5. The minimum absolute atomic E-state index is 0.0205. The van der Waals surface area contributed by atoms with E-state index in [-0.39, 0.29) is 40.8 Å². The lowest BCUT2D eigenvalue weighted by atomic mass is 10.1. The van der Waals surface area contributed by atoms with E-state index in [4.69, 9.17) is 11.6 Å². The first-order chi connectivity index (χ1) is 64.9. The second-order valence-electron chi connectivity index (χ2n) is 31.1. The van der Waals surface area contributed by atoms with Crippen LogP contribution in [0.5, 0.6) is 5.75 Å². The molecule has 0 saturated carbocycles. The van der Waals surface area contributed by atoms with Gasteiger partial charge in [0.05, 0.1) is 116 Å². The van der Waals surface area contributed by atoms with Crippen LogP contribution in [0.3, 0.4) is 0 Å². The molecule has 2 saturated heterocycles. The molecule has 133 heavy (non-hydrogen) atoms. The molecule has 1 atom stereocenters. The number of rotatable bonds is 23. The summed E-state index contributed by atoms with van der Waals surface area (Å²) in [6, 6.07) is 63.3. The van der Waals surface area contributed by atoms with Crippen molar-refractivity contribution >= 4 is 120 Å². The van der Waals surface area contributed by atoms with Gasteiger partial charge in [0.25, 0.3) is 23.6 Å². The maximum atomic E-state index is 13.9. The average molecular weight is 1810 g/mol. The van der Waals surface area contributed by atoms with Crippen LogP contribution in [0.2, 0.25) is 0 Å². The fourth-order valence-electron chi connectivity index (χ4n) is 15.4. The van der Waals surface area contributed by atoms with Gasteiger partial charge in [-0.1, -0.05) is 103 Å². The second kappa shape index (κ2) is 41.3. The minimum Gasteiger partial charge on any atom is -0.435 e. The van der Waals surface area contributed by atoms with Gasteiger partial charge in [0.15, 0.2) is 23.3 Å². The van der Waals surface area contributed by atoms with Crippen LogP contribution in [-0.2, 0) is 24.3 Å². The van der Waals surface area contributed by atoms with E-state index in [1.165, 1.54) is 86.5 Å². The summed E-state index contributed by atoms with van der Waals surface area (Å²) < 4.78 is 56.5. The summed E-state index contributed by atoms with van der Waals surface area (Å²) in [5, 5.41) is 51.5. The molecular weight excluding hydrogens is 1730 g/mol. The Bertz CT molecular complexity index is 7030. The molecule has 9 aromatic heterocycles. The van der Waals surface area contributed by atoms with E-state index in [1.54, 1.807) is 30.7 Å². The zero-order chi connectivity index (χ0) is 91.7. The van der Waals surface area contributed by atoms with Crippen molar-refractivity contribution in [2.24, 2.45) is 4.99 Å². The molecule has 21 rings (SSSR count). The number of H-pyrrole nitrogens is 9. The van der Waals surface area contributed by atoms with Gasteiger partial charge in [0.2, 0.25) is 5.91 Å². The lowest BCUT2D eigenvalue weighted by Gasteiger charge is -2.15. The minimum atomic E-state index is -2.91. The fourth-order valence-corrected chi connectivity index (χ4v) is 15.6. The van der Waals surface area contributed by atoms with Crippen molar-refractivity contribution in [2.45, 2.75) is 64.8 Å². The number of anilines is 5. The first kappa shape index (κ1) is 88.5. The molecule has 0 bridgehead atoms. The first-order valence-corrected chi connectivity index (χ1v) is 43.0. The van der Waals surface area contributed by atoms with E-state index >= 15 is 0 Å². The number of alkyl halides is 3. The number of fused-ring (bicyclic) bond motifs is 4. The van der Waals surface area contributed by atoms with Crippen molar-refractivity contribution in [3.63, 3.8) is 0 Å². The molecule has 0 aliphatic carbocycles. The molecule has 12 heterocycles. The number of nitrogens with one attached hydrogen (secondary N) is 15. The number of para-hydroxylation sites is 6. The summed E-state index contributed by atoms with van der Waals surface area (Å²) in [4.78, 5) is 102. The summed E-state index contributed by atoms with van der Waals surface area (Å²) in [6.07, 6.45) is 13.4. The maximum absolute atomic E-state index is 13.9. The lowest BCUT2D eigenvalue weighted by Crippen LogP contribution is -2.25. The predicted octanol–water partition coefficient (Wildman–Crippen LogP) is 17.1. The third kappa shape index (κ3) is 21.7. The molecule has 38 heteroatoms. The van der Waals surface area contributed by atoms with E-state index < -0.39 is 35.6 Å². The number of aromatic amines is 9. The molecule has 2 fully saturated rings. The van der Waals surface area contributed by atoms with E-state index in [9.17, 15) is 41.5 Å². The number of nitrogens with zero attached hydrogens (tertiary/aromatic N) is 12. The van der Waals surface area contributed by atoms with Crippen LogP contribution < -0.4 is 36.6 Å². The second-order valence-corrected chi connectivity index (χ2v) is 31.5. The molecule has 1 unspecified atom stereocenters. The van der Waals surface area contributed by atoms with Crippen LogP contribution in [0, 0.1) is 11.6 Å². The normalized spacial score (nSPS) is 13.5. The molecule has 9 aromatic carbocycles. The van der Waals surface area contributed by atoms with Crippen molar-refractivity contribution in [3.05, 3.63) is 305 Å². The van der Waals surface area contributed by atoms with Gasteiger partial charge in [-0.05, 0) is 190 Å². The Kier molecular flexibility index (Phi) is 27.5. The Morgan fingerprint density at radius 2 is 0.820 bits per heavy atom. The van der Waals surface area contributed by atoms with Gasteiger partial charge in [-0.25, -0.2) is 28.7 Å². The number of ether oxygens (including phenoxy) is 1. The van der Waals surface area contributed by atoms with E-state index in [2.05, 4.69) is 173 Å². The van der Waals surface area contributed by atoms with Gasteiger partial charge < -0.3 is 56.6 Å². The van der Waals surface area contributed by atoms with Crippen LogP contribution >= 0.6 is 11.6 Å². The Labute approximate surface area is 759 Å². The average Bonchev–Trinajstić information content (AvgIpc) is 1.67. The number of amidine groups is 1. The quantitative estimate of drug-likeness (QED) is 0.0209. The third-order valence-electron chi connectivity index (χ3n) is 21.9. The van der Waals surface area contributed by atoms with Gasteiger partial charge >= 0.3 is 6.61 Å². The summed E-state index contributed by atoms with van der Waals surface area (Å²) in [7, 11) is 0. The van der Waals surface area contributed by atoms with Crippen molar-refractivity contribution in [3.8, 4) is 51.8 Å². The number of hydrogen-bond acceptors (Lipinski definition) is 19. The number of carbonyl (C=O) groups is 5. The molecule has 5 amide bonds. The zero-order valence-electron chi connectivity index (χ0n) is 71.1. The molecule has 0 spiro atoms. The van der Waals surface area contributed by atoms with E-state index in [0.29, 0.717) is 98.1 Å². The van der Waals surface area contributed by atoms with Gasteiger partial charge in [-0.15, -0.1) is 11.6 Å². The number of aromatic nitrogens is 18. The molecule has 672 valence electrons. The Morgan fingerprint density at radius 3 is 1.28 bits per heavy atom. The van der Waals surface area contributed by atoms with Crippen LogP contribution in [0.1, 0.15) is 108 Å². The van der Waals surface area contributed by atoms with Crippen LogP contribution in [-0.4, -0.2) is 181 Å². The highest BCUT2D eigenvalue weighted by atomic mass is 35.5. The van der Waals surface area contributed by atoms with Crippen LogP contribution in [0.15, 0.2) is 248 Å². The number of amides is 5.